The number of rotatable bonds is 19. The largest absolute Gasteiger partial charge is 0.390 e. The summed E-state index contributed by atoms with van der Waals surface area (Å²) in [6.45, 7) is 13.7. The predicted octanol–water partition coefficient (Wildman–Crippen LogP) is 6.08. The SMILES string of the molecule is CCCCCCC[C@@H](CCCCC)OP(=O)(N(C)C)N1CCN(C(=O)C(C)(C)OCCC(C)(C)O)CC1. The number of hydrogen-bond acceptors (Lipinski definition) is 5. The molecule has 37 heavy (non-hydrogen) atoms. The summed E-state index contributed by atoms with van der Waals surface area (Å²) < 4.78 is 30.3. The van der Waals surface area contributed by atoms with Crippen molar-refractivity contribution in [2.75, 3.05) is 46.9 Å². The third-order valence-electron chi connectivity index (χ3n) is 7.14. The number of amides is 1. The molecule has 0 radical (unpaired) electrons. The fraction of sp³-hybridized carbons (Fsp3) is 0.964. The van der Waals surface area contributed by atoms with Gasteiger partial charge in [-0.25, -0.2) is 9.34 Å². The second-order valence-electron chi connectivity index (χ2n) is 11.9. The van der Waals surface area contributed by atoms with Gasteiger partial charge in [-0.3, -0.25) is 9.36 Å². The molecule has 0 aromatic carbocycles. The third-order valence-corrected chi connectivity index (χ3v) is 9.84. The van der Waals surface area contributed by atoms with E-state index in [9.17, 15) is 14.5 Å². The van der Waals surface area contributed by atoms with Gasteiger partial charge in [0.05, 0.1) is 18.3 Å². The van der Waals surface area contributed by atoms with Crippen molar-refractivity contribution in [1.29, 1.82) is 0 Å². The Morgan fingerprint density at radius 3 is 1.95 bits per heavy atom. The summed E-state index contributed by atoms with van der Waals surface area (Å²) in [7, 11) is 0.474. The zero-order valence-electron chi connectivity index (χ0n) is 25.3. The minimum atomic E-state index is -3.20. The average Bonchev–Trinajstić information content (AvgIpc) is 2.82. The lowest BCUT2D eigenvalue weighted by Gasteiger charge is -2.43. The van der Waals surface area contributed by atoms with E-state index in [4.69, 9.17) is 9.26 Å². The summed E-state index contributed by atoms with van der Waals surface area (Å²) in [5, 5.41) is 9.93. The van der Waals surface area contributed by atoms with Crippen LogP contribution in [0.1, 0.15) is 112 Å². The molecule has 0 aliphatic carbocycles. The first kappa shape index (κ1) is 34.5. The lowest BCUT2D eigenvalue weighted by atomic mass is 10.0. The number of ether oxygens (including phenoxy) is 1. The Balaban J connectivity index is 2.77. The molecule has 1 fully saturated rings. The fourth-order valence-corrected chi connectivity index (χ4v) is 6.72. The smallest absolute Gasteiger partial charge is 0.345 e. The van der Waals surface area contributed by atoms with Crippen LogP contribution in [0.25, 0.3) is 0 Å². The van der Waals surface area contributed by atoms with Gasteiger partial charge in [0.2, 0.25) is 0 Å². The monoisotopic (exact) mass is 547 g/mol. The third kappa shape index (κ3) is 12.5. The van der Waals surface area contributed by atoms with Gasteiger partial charge in [-0.15, -0.1) is 0 Å². The van der Waals surface area contributed by atoms with Crippen LogP contribution in [0.5, 0.6) is 0 Å². The maximum absolute atomic E-state index is 14.2. The van der Waals surface area contributed by atoms with Gasteiger partial charge in [-0.2, -0.15) is 0 Å². The van der Waals surface area contributed by atoms with Gasteiger partial charge in [-0.1, -0.05) is 65.2 Å². The maximum Gasteiger partial charge on any atom is 0.345 e. The van der Waals surface area contributed by atoms with Crippen molar-refractivity contribution >= 4 is 13.6 Å². The van der Waals surface area contributed by atoms with Crippen LogP contribution in [0.4, 0.5) is 0 Å². The highest BCUT2D eigenvalue weighted by molar-refractivity contribution is 7.53. The molecule has 0 spiro atoms. The Labute approximate surface area is 228 Å². The Hall–Kier alpha value is -0.500. The summed E-state index contributed by atoms with van der Waals surface area (Å²) >= 11 is 0. The van der Waals surface area contributed by atoms with Crippen LogP contribution in [0.3, 0.4) is 0 Å². The standard InChI is InChI=1S/C28H58N3O5P/c1-9-11-13-14-16-18-25(17-15-12-10-2)36-37(34,29(7)8)31-22-20-30(21-23-31)26(32)28(5,6)35-24-19-27(3,4)33/h25,33H,9-24H2,1-8H3/t25-,37?/m1/s1. The average molecular weight is 548 g/mol. The van der Waals surface area contributed by atoms with Crippen molar-refractivity contribution in [3.8, 4) is 0 Å². The summed E-state index contributed by atoms with van der Waals surface area (Å²) in [4.78, 5) is 15.0. The van der Waals surface area contributed by atoms with Crippen molar-refractivity contribution in [2.24, 2.45) is 0 Å². The quantitative estimate of drug-likeness (QED) is 0.155. The molecular weight excluding hydrogens is 489 g/mol. The summed E-state index contributed by atoms with van der Waals surface area (Å²) in [6.07, 6.45) is 11.8. The maximum atomic E-state index is 14.2. The summed E-state index contributed by atoms with van der Waals surface area (Å²) in [6, 6.07) is 0. The minimum absolute atomic E-state index is 0.0100. The highest BCUT2D eigenvalue weighted by atomic mass is 31.2. The Morgan fingerprint density at radius 2 is 1.43 bits per heavy atom. The van der Waals surface area contributed by atoms with Gasteiger partial charge in [0.25, 0.3) is 5.91 Å². The number of unbranched alkanes of at least 4 members (excludes halogenated alkanes) is 6. The number of aliphatic hydroxyl groups is 1. The number of hydrogen-bond donors (Lipinski definition) is 1. The molecule has 220 valence electrons. The van der Waals surface area contributed by atoms with Crippen molar-refractivity contribution < 1.29 is 23.7 Å². The molecule has 1 N–H and O–H groups in total. The van der Waals surface area contributed by atoms with Crippen molar-refractivity contribution in [1.82, 2.24) is 14.2 Å². The van der Waals surface area contributed by atoms with Crippen LogP contribution in [-0.4, -0.2) is 89.4 Å². The first-order valence-electron chi connectivity index (χ1n) is 14.6. The second kappa shape index (κ2) is 16.6. The molecule has 0 aromatic rings. The second-order valence-corrected chi connectivity index (χ2v) is 14.5. The van der Waals surface area contributed by atoms with E-state index in [0.29, 0.717) is 39.2 Å². The molecule has 9 heteroatoms. The summed E-state index contributed by atoms with van der Waals surface area (Å²) in [5.74, 6) is -0.0759. The number of nitrogens with zero attached hydrogens (tertiary/aromatic N) is 3. The van der Waals surface area contributed by atoms with E-state index in [2.05, 4.69) is 13.8 Å². The predicted molar refractivity (Wildman–Crippen MR) is 153 cm³/mol. The topological polar surface area (TPSA) is 82.6 Å². The lowest BCUT2D eigenvalue weighted by Crippen LogP contribution is -2.55. The molecule has 1 heterocycles. The molecule has 1 aliphatic rings. The Kier molecular flexibility index (Phi) is 15.5. The zero-order valence-corrected chi connectivity index (χ0v) is 26.2. The molecular formula is C28H58N3O5P. The first-order valence-corrected chi connectivity index (χ1v) is 16.2. The lowest BCUT2D eigenvalue weighted by molar-refractivity contribution is -0.157. The van der Waals surface area contributed by atoms with Crippen LogP contribution >= 0.6 is 7.67 Å². The van der Waals surface area contributed by atoms with Gasteiger partial charge < -0.3 is 19.3 Å². The molecule has 1 unspecified atom stereocenters. The number of carbonyl (C=O) groups is 1. The number of piperazine rings is 1. The van der Waals surface area contributed by atoms with E-state index in [1.807, 2.05) is 18.8 Å². The van der Waals surface area contributed by atoms with Crippen LogP contribution in [0.15, 0.2) is 0 Å². The Morgan fingerprint density at radius 1 is 0.919 bits per heavy atom. The highest BCUT2D eigenvalue weighted by Gasteiger charge is 2.41. The first-order chi connectivity index (χ1) is 17.3. The van der Waals surface area contributed by atoms with Crippen LogP contribution < -0.4 is 0 Å². The molecule has 1 rings (SSSR count). The van der Waals surface area contributed by atoms with E-state index < -0.39 is 18.9 Å². The van der Waals surface area contributed by atoms with Gasteiger partial charge in [0.1, 0.15) is 5.60 Å². The molecule has 0 saturated carbocycles. The molecule has 1 amide bonds. The van der Waals surface area contributed by atoms with Crippen LogP contribution in [0.2, 0.25) is 0 Å². The molecule has 2 atom stereocenters. The van der Waals surface area contributed by atoms with Crippen LogP contribution in [-0.2, 0) is 18.6 Å². The van der Waals surface area contributed by atoms with E-state index in [-0.39, 0.29) is 12.0 Å². The van der Waals surface area contributed by atoms with Crippen molar-refractivity contribution in [2.45, 2.75) is 129 Å². The molecule has 1 saturated heterocycles. The summed E-state index contributed by atoms with van der Waals surface area (Å²) in [5.41, 5.74) is -1.81. The van der Waals surface area contributed by atoms with Gasteiger partial charge in [-0.05, 0) is 61.1 Å². The minimum Gasteiger partial charge on any atom is -0.390 e. The number of carbonyl (C=O) groups excluding carboxylic acids is 1. The van der Waals surface area contributed by atoms with Gasteiger partial charge >= 0.3 is 7.67 Å². The van der Waals surface area contributed by atoms with E-state index in [1.54, 1.807) is 37.3 Å². The van der Waals surface area contributed by atoms with Crippen molar-refractivity contribution in [3.63, 3.8) is 0 Å². The molecule has 8 nitrogen and oxygen atoms in total. The van der Waals surface area contributed by atoms with Gasteiger partial charge in [0.15, 0.2) is 0 Å². The Bertz CT molecular complexity index is 688. The fourth-order valence-electron chi connectivity index (χ4n) is 4.61. The van der Waals surface area contributed by atoms with E-state index in [0.717, 1.165) is 38.5 Å². The highest BCUT2D eigenvalue weighted by Crippen LogP contribution is 2.54. The molecule has 0 aromatic heterocycles. The van der Waals surface area contributed by atoms with Gasteiger partial charge in [0, 0.05) is 26.2 Å². The van der Waals surface area contributed by atoms with E-state index in [1.165, 1.54) is 25.7 Å². The zero-order chi connectivity index (χ0) is 28.1. The molecule has 1 aliphatic heterocycles. The van der Waals surface area contributed by atoms with Crippen LogP contribution in [0, 0.1) is 0 Å². The normalized spacial score (nSPS) is 18.3. The molecule has 0 bridgehead atoms. The van der Waals surface area contributed by atoms with E-state index >= 15 is 0 Å². The van der Waals surface area contributed by atoms with Crippen molar-refractivity contribution in [3.05, 3.63) is 0 Å².